The minimum atomic E-state index is 0.757. The predicted octanol–water partition coefficient (Wildman–Crippen LogP) is 4.30. The van der Waals surface area contributed by atoms with Gasteiger partial charge in [-0.1, -0.05) is 40.5 Å². The topological polar surface area (TPSA) is 15.3 Å². The standard InChI is InChI=1S/C19H38N2/c1-15(2)13-21(14-18-8-6-12-20-18)19-9-5-7-17(10-11-19)16(3)4/h15-20H,5-14H2,1-4H3. The number of nitrogens with zero attached hydrogens (tertiary/aromatic N) is 1. The first-order chi connectivity index (χ1) is 10.1. The Morgan fingerprint density at radius 1 is 0.952 bits per heavy atom. The molecule has 0 aromatic heterocycles. The SMILES string of the molecule is CC(C)CN(CC1CCCN1)C1CCCC(C(C)C)CC1. The number of hydrogen-bond donors (Lipinski definition) is 1. The van der Waals surface area contributed by atoms with Gasteiger partial charge in [0.05, 0.1) is 0 Å². The summed E-state index contributed by atoms with van der Waals surface area (Å²) in [6.45, 7) is 13.4. The highest BCUT2D eigenvalue weighted by Crippen LogP contribution is 2.31. The maximum atomic E-state index is 3.70. The Hall–Kier alpha value is -0.0800. The van der Waals surface area contributed by atoms with Crippen molar-refractivity contribution in [2.75, 3.05) is 19.6 Å². The fraction of sp³-hybridized carbons (Fsp3) is 1.00. The van der Waals surface area contributed by atoms with Gasteiger partial charge in [-0.2, -0.15) is 0 Å². The molecule has 1 saturated heterocycles. The van der Waals surface area contributed by atoms with Crippen molar-refractivity contribution >= 4 is 0 Å². The van der Waals surface area contributed by atoms with E-state index in [1.807, 2.05) is 0 Å². The van der Waals surface area contributed by atoms with Gasteiger partial charge in [-0.25, -0.2) is 0 Å². The predicted molar refractivity (Wildman–Crippen MR) is 92.6 cm³/mol. The molecule has 1 aliphatic carbocycles. The van der Waals surface area contributed by atoms with Crippen molar-refractivity contribution in [1.29, 1.82) is 0 Å². The van der Waals surface area contributed by atoms with Crippen LogP contribution in [0.15, 0.2) is 0 Å². The molecule has 2 fully saturated rings. The van der Waals surface area contributed by atoms with Crippen molar-refractivity contribution in [3.05, 3.63) is 0 Å². The highest BCUT2D eigenvalue weighted by Gasteiger charge is 2.27. The highest BCUT2D eigenvalue weighted by molar-refractivity contribution is 4.84. The van der Waals surface area contributed by atoms with E-state index in [0.717, 1.165) is 29.8 Å². The molecule has 0 spiro atoms. The van der Waals surface area contributed by atoms with E-state index < -0.39 is 0 Å². The van der Waals surface area contributed by atoms with Gasteiger partial charge >= 0.3 is 0 Å². The second-order valence-electron chi connectivity index (χ2n) is 8.31. The third kappa shape index (κ3) is 5.56. The third-order valence-corrected chi connectivity index (χ3v) is 5.66. The Balaban J connectivity index is 1.91. The van der Waals surface area contributed by atoms with Crippen molar-refractivity contribution in [3.63, 3.8) is 0 Å². The van der Waals surface area contributed by atoms with Crippen LogP contribution in [0.3, 0.4) is 0 Å². The van der Waals surface area contributed by atoms with Crippen LogP contribution >= 0.6 is 0 Å². The molecule has 0 amide bonds. The van der Waals surface area contributed by atoms with Gasteiger partial charge in [-0.3, -0.25) is 4.90 Å². The first kappa shape index (κ1) is 17.3. The lowest BCUT2D eigenvalue weighted by atomic mass is 9.89. The van der Waals surface area contributed by atoms with Gasteiger partial charge in [0.25, 0.3) is 0 Å². The number of nitrogens with one attached hydrogen (secondary N) is 1. The molecule has 0 bridgehead atoms. The quantitative estimate of drug-likeness (QED) is 0.735. The molecule has 124 valence electrons. The summed E-state index contributed by atoms with van der Waals surface area (Å²) in [5.74, 6) is 2.63. The lowest BCUT2D eigenvalue weighted by molar-refractivity contribution is 0.145. The molecule has 1 aliphatic heterocycles. The molecule has 1 heterocycles. The van der Waals surface area contributed by atoms with E-state index in [1.54, 1.807) is 0 Å². The van der Waals surface area contributed by atoms with Crippen LogP contribution in [0.25, 0.3) is 0 Å². The Bertz CT molecular complexity index is 281. The summed E-state index contributed by atoms with van der Waals surface area (Å²) in [4.78, 5) is 2.84. The second-order valence-corrected chi connectivity index (χ2v) is 8.31. The van der Waals surface area contributed by atoms with Gasteiger partial charge in [0.1, 0.15) is 0 Å². The first-order valence-electron chi connectivity index (χ1n) is 9.53. The van der Waals surface area contributed by atoms with Crippen LogP contribution in [0, 0.1) is 17.8 Å². The number of rotatable bonds is 6. The lowest BCUT2D eigenvalue weighted by Crippen LogP contribution is -2.45. The van der Waals surface area contributed by atoms with Gasteiger partial charge in [0, 0.05) is 25.2 Å². The molecule has 21 heavy (non-hydrogen) atoms. The first-order valence-corrected chi connectivity index (χ1v) is 9.53. The monoisotopic (exact) mass is 294 g/mol. The van der Waals surface area contributed by atoms with E-state index >= 15 is 0 Å². The van der Waals surface area contributed by atoms with E-state index in [1.165, 1.54) is 64.6 Å². The second kappa shape index (κ2) is 8.53. The van der Waals surface area contributed by atoms with Crippen molar-refractivity contribution < 1.29 is 0 Å². The van der Waals surface area contributed by atoms with Crippen LogP contribution in [-0.4, -0.2) is 36.6 Å². The van der Waals surface area contributed by atoms with E-state index in [2.05, 4.69) is 37.9 Å². The smallest absolute Gasteiger partial charge is 0.0195 e. The summed E-state index contributed by atoms with van der Waals surface area (Å²) in [6, 6.07) is 1.60. The number of hydrogen-bond acceptors (Lipinski definition) is 2. The van der Waals surface area contributed by atoms with Crippen LogP contribution < -0.4 is 5.32 Å². The Kier molecular flexibility index (Phi) is 7.01. The van der Waals surface area contributed by atoms with Crippen LogP contribution in [0.4, 0.5) is 0 Å². The molecule has 2 rings (SSSR count). The van der Waals surface area contributed by atoms with Gasteiger partial charge in [-0.05, 0) is 56.4 Å². The molecular formula is C19H38N2. The molecule has 3 unspecified atom stereocenters. The van der Waals surface area contributed by atoms with E-state index in [4.69, 9.17) is 0 Å². The molecule has 3 atom stereocenters. The molecule has 2 aliphatic rings. The fourth-order valence-electron chi connectivity index (χ4n) is 4.38. The highest BCUT2D eigenvalue weighted by atomic mass is 15.2. The van der Waals surface area contributed by atoms with Crippen molar-refractivity contribution in [1.82, 2.24) is 10.2 Å². The summed E-state index contributed by atoms with van der Waals surface area (Å²) < 4.78 is 0. The fourth-order valence-corrected chi connectivity index (χ4v) is 4.38. The molecular weight excluding hydrogens is 256 g/mol. The van der Waals surface area contributed by atoms with Crippen LogP contribution in [0.1, 0.15) is 72.6 Å². The summed E-state index contributed by atoms with van der Waals surface area (Å²) in [5, 5.41) is 3.70. The Morgan fingerprint density at radius 3 is 2.38 bits per heavy atom. The van der Waals surface area contributed by atoms with E-state index in [0.29, 0.717) is 0 Å². The lowest BCUT2D eigenvalue weighted by Gasteiger charge is -2.34. The van der Waals surface area contributed by atoms with Crippen molar-refractivity contribution in [3.8, 4) is 0 Å². The zero-order chi connectivity index (χ0) is 15.2. The molecule has 1 saturated carbocycles. The average Bonchev–Trinajstić information content (AvgIpc) is 2.79. The van der Waals surface area contributed by atoms with Gasteiger partial charge in [0.2, 0.25) is 0 Å². The van der Waals surface area contributed by atoms with Crippen molar-refractivity contribution in [2.45, 2.75) is 84.7 Å². The van der Waals surface area contributed by atoms with Crippen molar-refractivity contribution in [2.24, 2.45) is 17.8 Å². The molecule has 2 nitrogen and oxygen atoms in total. The largest absolute Gasteiger partial charge is 0.313 e. The average molecular weight is 295 g/mol. The maximum absolute atomic E-state index is 3.70. The molecule has 2 heteroatoms. The van der Waals surface area contributed by atoms with E-state index in [-0.39, 0.29) is 0 Å². The van der Waals surface area contributed by atoms with E-state index in [9.17, 15) is 0 Å². The summed E-state index contributed by atoms with van der Waals surface area (Å²) >= 11 is 0. The zero-order valence-corrected chi connectivity index (χ0v) is 14.9. The Morgan fingerprint density at radius 2 is 1.76 bits per heavy atom. The molecule has 0 aromatic rings. The minimum absolute atomic E-state index is 0.757. The molecule has 0 radical (unpaired) electrons. The van der Waals surface area contributed by atoms with Gasteiger partial charge in [0.15, 0.2) is 0 Å². The summed E-state index contributed by atoms with van der Waals surface area (Å²) in [5.41, 5.74) is 0. The maximum Gasteiger partial charge on any atom is 0.0195 e. The molecule has 1 N–H and O–H groups in total. The van der Waals surface area contributed by atoms with Crippen LogP contribution in [-0.2, 0) is 0 Å². The zero-order valence-electron chi connectivity index (χ0n) is 14.9. The Labute approximate surface area is 133 Å². The minimum Gasteiger partial charge on any atom is -0.313 e. The third-order valence-electron chi connectivity index (χ3n) is 5.66. The summed E-state index contributed by atoms with van der Waals surface area (Å²) in [7, 11) is 0. The van der Waals surface area contributed by atoms with Crippen LogP contribution in [0.2, 0.25) is 0 Å². The molecule has 0 aromatic carbocycles. The van der Waals surface area contributed by atoms with Gasteiger partial charge < -0.3 is 5.32 Å². The normalized spacial score (nSPS) is 31.3. The van der Waals surface area contributed by atoms with Crippen LogP contribution in [0.5, 0.6) is 0 Å². The van der Waals surface area contributed by atoms with Gasteiger partial charge in [-0.15, -0.1) is 0 Å². The summed E-state index contributed by atoms with van der Waals surface area (Å²) in [6.07, 6.45) is 9.99.